The highest BCUT2D eigenvalue weighted by Crippen LogP contribution is 2.17. The van der Waals surface area contributed by atoms with Gasteiger partial charge in [0.15, 0.2) is 0 Å². The molecule has 0 amide bonds. The third kappa shape index (κ3) is 4.08. The SMILES string of the molecule is O=C(O)CN(CCCO)c1ccc(Cl)cc1. The Bertz CT molecular complexity index is 340. The van der Waals surface area contributed by atoms with Crippen LogP contribution in [-0.2, 0) is 4.79 Å². The van der Waals surface area contributed by atoms with E-state index < -0.39 is 5.97 Å². The number of halogens is 1. The molecule has 0 aromatic heterocycles. The lowest BCUT2D eigenvalue weighted by Gasteiger charge is -2.22. The van der Waals surface area contributed by atoms with Gasteiger partial charge in [-0.1, -0.05) is 11.6 Å². The van der Waals surface area contributed by atoms with E-state index in [1.54, 1.807) is 29.2 Å². The van der Waals surface area contributed by atoms with Gasteiger partial charge in [0.05, 0.1) is 0 Å². The van der Waals surface area contributed by atoms with Gasteiger partial charge in [-0.15, -0.1) is 0 Å². The molecule has 0 aliphatic heterocycles. The molecule has 1 rings (SSSR count). The molecule has 0 spiro atoms. The van der Waals surface area contributed by atoms with Crippen molar-refractivity contribution in [1.82, 2.24) is 0 Å². The van der Waals surface area contributed by atoms with Crippen LogP contribution in [0.5, 0.6) is 0 Å². The number of carboxylic acids is 1. The third-order valence-corrected chi connectivity index (χ3v) is 2.36. The van der Waals surface area contributed by atoms with E-state index in [4.69, 9.17) is 21.8 Å². The van der Waals surface area contributed by atoms with Crippen LogP contribution in [0.15, 0.2) is 24.3 Å². The minimum absolute atomic E-state index is 0.0453. The number of aliphatic hydroxyl groups is 1. The largest absolute Gasteiger partial charge is 0.480 e. The lowest BCUT2D eigenvalue weighted by Crippen LogP contribution is -2.31. The van der Waals surface area contributed by atoms with Crippen molar-refractivity contribution in [2.75, 3.05) is 24.6 Å². The Morgan fingerprint density at radius 2 is 1.94 bits per heavy atom. The standard InChI is InChI=1S/C11H14ClNO3/c12-9-2-4-10(5-3-9)13(6-1-7-14)8-11(15)16/h2-5,14H,1,6-8H2,(H,15,16). The number of aliphatic carboxylic acids is 1. The zero-order valence-corrected chi connectivity index (χ0v) is 9.52. The molecule has 0 bridgehead atoms. The summed E-state index contributed by atoms with van der Waals surface area (Å²) in [6.07, 6.45) is 0.538. The summed E-state index contributed by atoms with van der Waals surface area (Å²) >= 11 is 5.75. The van der Waals surface area contributed by atoms with Crippen LogP contribution in [0.1, 0.15) is 6.42 Å². The van der Waals surface area contributed by atoms with Crippen LogP contribution in [0.25, 0.3) is 0 Å². The lowest BCUT2D eigenvalue weighted by atomic mass is 10.2. The molecule has 0 radical (unpaired) electrons. The molecule has 0 atom stereocenters. The van der Waals surface area contributed by atoms with Crippen LogP contribution in [0.2, 0.25) is 5.02 Å². The zero-order chi connectivity index (χ0) is 12.0. The molecule has 0 heterocycles. The van der Waals surface area contributed by atoms with Crippen LogP contribution in [0.4, 0.5) is 5.69 Å². The van der Waals surface area contributed by atoms with Crippen molar-refractivity contribution in [3.63, 3.8) is 0 Å². The van der Waals surface area contributed by atoms with Crippen molar-refractivity contribution in [3.05, 3.63) is 29.3 Å². The predicted molar refractivity (Wildman–Crippen MR) is 63.0 cm³/mol. The van der Waals surface area contributed by atoms with Gasteiger partial charge in [-0.3, -0.25) is 4.79 Å². The molecule has 0 unspecified atom stereocenters. The number of carbonyl (C=O) groups is 1. The first kappa shape index (κ1) is 12.8. The molecule has 0 saturated heterocycles. The van der Waals surface area contributed by atoms with Gasteiger partial charge in [-0.25, -0.2) is 0 Å². The van der Waals surface area contributed by atoms with Gasteiger partial charge in [0.2, 0.25) is 0 Å². The maximum absolute atomic E-state index is 10.7. The van der Waals surface area contributed by atoms with Crippen molar-refractivity contribution >= 4 is 23.3 Å². The molecule has 0 saturated carbocycles. The Kier molecular flexibility index (Phi) is 5.08. The smallest absolute Gasteiger partial charge is 0.323 e. The number of carboxylic acid groups (broad SMARTS) is 1. The first-order valence-corrected chi connectivity index (χ1v) is 5.34. The van der Waals surface area contributed by atoms with Gasteiger partial charge in [0.1, 0.15) is 6.54 Å². The molecule has 88 valence electrons. The zero-order valence-electron chi connectivity index (χ0n) is 8.77. The maximum Gasteiger partial charge on any atom is 0.323 e. The van der Waals surface area contributed by atoms with E-state index in [2.05, 4.69) is 0 Å². The molecular weight excluding hydrogens is 230 g/mol. The monoisotopic (exact) mass is 243 g/mol. The molecule has 1 aromatic rings. The summed E-state index contributed by atoms with van der Waals surface area (Å²) in [5.74, 6) is -0.895. The van der Waals surface area contributed by atoms with E-state index in [-0.39, 0.29) is 13.2 Å². The van der Waals surface area contributed by atoms with Gasteiger partial charge < -0.3 is 15.1 Å². The van der Waals surface area contributed by atoms with Crippen LogP contribution in [0.3, 0.4) is 0 Å². The predicted octanol–water partition coefficient (Wildman–Crippen LogP) is 1.61. The molecule has 1 aromatic carbocycles. The van der Waals surface area contributed by atoms with E-state index in [9.17, 15) is 4.79 Å². The van der Waals surface area contributed by atoms with Gasteiger partial charge in [0, 0.05) is 23.9 Å². The van der Waals surface area contributed by atoms with Crippen LogP contribution in [0, 0.1) is 0 Å². The van der Waals surface area contributed by atoms with Crippen LogP contribution >= 0.6 is 11.6 Å². The Balaban J connectivity index is 2.74. The highest BCUT2D eigenvalue weighted by molar-refractivity contribution is 6.30. The third-order valence-electron chi connectivity index (χ3n) is 2.10. The summed E-state index contributed by atoms with van der Waals surface area (Å²) in [7, 11) is 0. The molecule has 16 heavy (non-hydrogen) atoms. The minimum Gasteiger partial charge on any atom is -0.480 e. The van der Waals surface area contributed by atoms with E-state index in [1.165, 1.54) is 0 Å². The number of nitrogens with zero attached hydrogens (tertiary/aromatic N) is 1. The number of hydrogen-bond donors (Lipinski definition) is 2. The average molecular weight is 244 g/mol. The van der Waals surface area contributed by atoms with Crippen molar-refractivity contribution in [2.24, 2.45) is 0 Å². The second-order valence-electron chi connectivity index (χ2n) is 3.37. The number of rotatable bonds is 6. The molecule has 5 heteroatoms. The molecular formula is C11H14ClNO3. The van der Waals surface area contributed by atoms with Crippen molar-refractivity contribution in [2.45, 2.75) is 6.42 Å². The molecule has 0 fully saturated rings. The van der Waals surface area contributed by atoms with Gasteiger partial charge in [-0.05, 0) is 30.7 Å². The summed E-state index contributed by atoms with van der Waals surface area (Å²) in [6, 6.07) is 6.96. The highest BCUT2D eigenvalue weighted by atomic mass is 35.5. The van der Waals surface area contributed by atoms with Gasteiger partial charge in [-0.2, -0.15) is 0 Å². The first-order chi connectivity index (χ1) is 7.63. The fourth-order valence-corrected chi connectivity index (χ4v) is 1.50. The summed E-state index contributed by atoms with van der Waals surface area (Å²) in [5, 5.41) is 18.1. The summed E-state index contributed by atoms with van der Waals surface area (Å²) in [6.45, 7) is 0.468. The van der Waals surface area contributed by atoms with Gasteiger partial charge in [0.25, 0.3) is 0 Å². The number of hydrogen-bond acceptors (Lipinski definition) is 3. The Morgan fingerprint density at radius 1 is 1.31 bits per heavy atom. The second-order valence-corrected chi connectivity index (χ2v) is 3.81. The number of anilines is 1. The fraction of sp³-hybridized carbons (Fsp3) is 0.364. The molecule has 2 N–H and O–H groups in total. The van der Waals surface area contributed by atoms with Crippen molar-refractivity contribution < 1.29 is 15.0 Å². The fourth-order valence-electron chi connectivity index (χ4n) is 1.38. The summed E-state index contributed by atoms with van der Waals surface area (Å²) in [5.41, 5.74) is 0.792. The van der Waals surface area contributed by atoms with Crippen molar-refractivity contribution in [3.8, 4) is 0 Å². The van der Waals surface area contributed by atoms with Crippen LogP contribution in [-0.4, -0.2) is 35.9 Å². The minimum atomic E-state index is -0.895. The Morgan fingerprint density at radius 3 is 2.44 bits per heavy atom. The van der Waals surface area contributed by atoms with E-state index in [1.807, 2.05) is 0 Å². The number of benzene rings is 1. The normalized spacial score (nSPS) is 10.1. The van der Waals surface area contributed by atoms with Crippen LogP contribution < -0.4 is 4.90 Å². The molecule has 0 aliphatic carbocycles. The maximum atomic E-state index is 10.7. The Labute approximate surface area is 99.1 Å². The van der Waals surface area contributed by atoms with E-state index in [0.29, 0.717) is 18.0 Å². The van der Waals surface area contributed by atoms with Gasteiger partial charge >= 0.3 is 5.97 Å². The highest BCUT2D eigenvalue weighted by Gasteiger charge is 2.09. The first-order valence-electron chi connectivity index (χ1n) is 4.96. The van der Waals surface area contributed by atoms with E-state index in [0.717, 1.165) is 5.69 Å². The molecule has 0 aliphatic rings. The Hall–Kier alpha value is -1.26. The summed E-state index contributed by atoms with van der Waals surface area (Å²) < 4.78 is 0. The number of aliphatic hydroxyl groups excluding tert-OH is 1. The average Bonchev–Trinajstić information content (AvgIpc) is 2.25. The lowest BCUT2D eigenvalue weighted by molar-refractivity contribution is -0.135. The summed E-state index contributed by atoms with van der Waals surface area (Å²) in [4.78, 5) is 12.4. The van der Waals surface area contributed by atoms with E-state index >= 15 is 0 Å². The second kappa shape index (κ2) is 6.35. The quantitative estimate of drug-likeness (QED) is 0.797. The topological polar surface area (TPSA) is 60.8 Å². The van der Waals surface area contributed by atoms with Crippen molar-refractivity contribution in [1.29, 1.82) is 0 Å². The molecule has 4 nitrogen and oxygen atoms in total.